The van der Waals surface area contributed by atoms with Gasteiger partial charge in [-0.15, -0.1) is 0 Å². The molecule has 2 aromatic carbocycles. The zero-order valence-corrected chi connectivity index (χ0v) is 26.9. The standard InChI is InChI=1S/C30H34F2N6O9S/c1-3-4-14-47-28-26-30(41)35(13-15-46-2)19-36(12-11-34-48(44,45)25-8-6-5-7-24(25)38(42)43)37(26)18-22(27(28)39)29(40)33-17-20-9-10-21(31)16-23(20)32/h5-10,16,18,34H,3-4,11-15,17,19H2,1-2H3,(H,33,40). The highest BCUT2D eigenvalue weighted by Gasteiger charge is 2.35. The van der Waals surface area contributed by atoms with E-state index in [4.69, 9.17) is 9.47 Å². The first kappa shape index (κ1) is 35.9. The van der Waals surface area contributed by atoms with Crippen molar-refractivity contribution in [2.75, 3.05) is 51.6 Å². The molecule has 0 bridgehead atoms. The Labute approximate surface area is 274 Å². The molecule has 1 aliphatic rings. The third kappa shape index (κ3) is 8.12. The molecule has 2 N–H and O–H groups in total. The number of nitro groups is 1. The first-order valence-corrected chi connectivity index (χ1v) is 16.3. The van der Waals surface area contributed by atoms with E-state index in [2.05, 4.69) is 10.0 Å². The van der Waals surface area contributed by atoms with Crippen molar-refractivity contribution in [3.05, 3.63) is 97.5 Å². The molecule has 2 heterocycles. The van der Waals surface area contributed by atoms with Crippen molar-refractivity contribution in [2.45, 2.75) is 31.2 Å². The molecule has 48 heavy (non-hydrogen) atoms. The lowest BCUT2D eigenvalue weighted by Gasteiger charge is -2.40. The molecule has 4 rings (SSSR count). The second-order valence-corrected chi connectivity index (χ2v) is 12.3. The maximum Gasteiger partial charge on any atom is 0.289 e. The third-order valence-electron chi connectivity index (χ3n) is 7.30. The molecule has 0 saturated carbocycles. The Morgan fingerprint density at radius 1 is 1.10 bits per heavy atom. The van der Waals surface area contributed by atoms with Crippen molar-refractivity contribution in [2.24, 2.45) is 0 Å². The van der Waals surface area contributed by atoms with Gasteiger partial charge in [-0.2, -0.15) is 0 Å². The van der Waals surface area contributed by atoms with Gasteiger partial charge in [0.05, 0.1) is 24.7 Å². The number of carbonyl (C=O) groups excluding carboxylic acids is 2. The molecule has 18 heteroatoms. The lowest BCUT2D eigenvalue weighted by atomic mass is 10.1. The molecule has 258 valence electrons. The second-order valence-electron chi connectivity index (χ2n) is 10.6. The minimum absolute atomic E-state index is 0.0333. The Bertz CT molecular complexity index is 1850. The van der Waals surface area contributed by atoms with Crippen LogP contribution in [0.15, 0.2) is 58.4 Å². The van der Waals surface area contributed by atoms with Gasteiger partial charge in [0, 0.05) is 50.6 Å². The fourth-order valence-electron chi connectivity index (χ4n) is 4.80. The van der Waals surface area contributed by atoms with Crippen LogP contribution in [-0.2, 0) is 21.3 Å². The molecule has 0 unspecified atom stereocenters. The summed E-state index contributed by atoms with van der Waals surface area (Å²) in [6.07, 6.45) is 2.30. The van der Waals surface area contributed by atoms with Gasteiger partial charge in [0.25, 0.3) is 17.5 Å². The number of carbonyl (C=O) groups is 2. The zero-order chi connectivity index (χ0) is 35.0. The zero-order valence-electron chi connectivity index (χ0n) is 26.1. The number of sulfonamides is 1. The highest BCUT2D eigenvalue weighted by molar-refractivity contribution is 7.89. The molecular formula is C30H34F2N6O9S. The number of aromatic nitrogens is 1. The number of halogens is 2. The van der Waals surface area contributed by atoms with Gasteiger partial charge in [-0.3, -0.25) is 34.2 Å². The molecule has 3 aromatic rings. The summed E-state index contributed by atoms with van der Waals surface area (Å²) in [4.78, 5) is 52.1. The number of para-hydroxylation sites is 1. The molecule has 0 fully saturated rings. The van der Waals surface area contributed by atoms with E-state index in [1.807, 2.05) is 6.92 Å². The molecule has 0 atom stereocenters. The first-order valence-electron chi connectivity index (χ1n) is 14.8. The minimum atomic E-state index is -4.37. The highest BCUT2D eigenvalue weighted by atomic mass is 32.2. The number of pyridine rings is 1. The van der Waals surface area contributed by atoms with E-state index in [0.717, 1.165) is 30.5 Å². The number of hydrogen-bond acceptors (Lipinski definition) is 10. The SMILES string of the molecule is CCCCOc1c2n(cc(C(=O)NCc3ccc(F)cc3F)c1=O)N(CCNS(=O)(=O)c1ccccc1[N+](=O)[O-])CN(CCOC)C2=O. The Morgan fingerprint density at radius 3 is 2.54 bits per heavy atom. The van der Waals surface area contributed by atoms with Crippen LogP contribution in [0.1, 0.15) is 46.2 Å². The van der Waals surface area contributed by atoms with E-state index < -0.39 is 65.7 Å². The van der Waals surface area contributed by atoms with Crippen molar-refractivity contribution < 1.29 is 41.2 Å². The lowest BCUT2D eigenvalue weighted by molar-refractivity contribution is -0.387. The van der Waals surface area contributed by atoms with Crippen molar-refractivity contribution in [3.8, 4) is 5.75 Å². The largest absolute Gasteiger partial charge is 0.487 e. The number of fused-ring (bicyclic) bond motifs is 1. The summed E-state index contributed by atoms with van der Waals surface area (Å²) in [6, 6.07) is 7.63. The van der Waals surface area contributed by atoms with Gasteiger partial charge >= 0.3 is 0 Å². The number of rotatable bonds is 16. The summed E-state index contributed by atoms with van der Waals surface area (Å²) in [5.74, 6) is -3.68. The van der Waals surface area contributed by atoms with Crippen LogP contribution < -0.4 is 25.2 Å². The Morgan fingerprint density at radius 2 is 1.85 bits per heavy atom. The van der Waals surface area contributed by atoms with Gasteiger partial charge in [-0.1, -0.05) is 31.5 Å². The van der Waals surface area contributed by atoms with Crippen LogP contribution in [0.2, 0.25) is 0 Å². The molecule has 0 aliphatic carbocycles. The van der Waals surface area contributed by atoms with Crippen molar-refractivity contribution in [1.29, 1.82) is 0 Å². The number of nitrogens with one attached hydrogen (secondary N) is 2. The fourth-order valence-corrected chi connectivity index (χ4v) is 5.99. The molecular weight excluding hydrogens is 658 g/mol. The minimum Gasteiger partial charge on any atom is -0.487 e. The number of nitro benzene ring substituents is 1. The normalized spacial score (nSPS) is 13.0. The van der Waals surface area contributed by atoms with Crippen molar-refractivity contribution >= 4 is 27.5 Å². The van der Waals surface area contributed by atoms with Gasteiger partial charge in [-0.05, 0) is 18.6 Å². The van der Waals surface area contributed by atoms with Crippen LogP contribution >= 0.6 is 0 Å². The predicted octanol–water partition coefficient (Wildman–Crippen LogP) is 2.12. The molecule has 0 saturated heterocycles. The second kappa shape index (κ2) is 15.8. The summed E-state index contributed by atoms with van der Waals surface area (Å²) >= 11 is 0. The smallest absolute Gasteiger partial charge is 0.289 e. The number of nitrogens with zero attached hydrogens (tertiary/aromatic N) is 4. The molecule has 15 nitrogen and oxygen atoms in total. The maximum absolute atomic E-state index is 14.2. The van der Waals surface area contributed by atoms with Crippen LogP contribution in [0.5, 0.6) is 5.75 Å². The first-order chi connectivity index (χ1) is 22.9. The number of hydrogen-bond donors (Lipinski definition) is 2. The van der Waals surface area contributed by atoms with Crippen LogP contribution in [0, 0.1) is 21.7 Å². The number of amides is 2. The lowest BCUT2D eigenvalue weighted by Crippen LogP contribution is -2.57. The van der Waals surface area contributed by atoms with E-state index in [1.54, 1.807) is 0 Å². The van der Waals surface area contributed by atoms with Gasteiger partial charge in [0.15, 0.2) is 16.3 Å². The van der Waals surface area contributed by atoms with Crippen LogP contribution in [0.25, 0.3) is 0 Å². The van der Waals surface area contributed by atoms with Crippen LogP contribution in [-0.4, -0.2) is 81.4 Å². The number of unbranched alkanes of at least 4 members (excludes halogenated alkanes) is 1. The Hall–Kier alpha value is -4.94. The average Bonchev–Trinajstić information content (AvgIpc) is 3.05. The van der Waals surface area contributed by atoms with Crippen molar-refractivity contribution in [1.82, 2.24) is 19.6 Å². The topological polar surface area (TPSA) is 182 Å². The van der Waals surface area contributed by atoms with E-state index in [0.29, 0.717) is 18.9 Å². The van der Waals surface area contributed by atoms with E-state index in [9.17, 15) is 41.7 Å². The van der Waals surface area contributed by atoms with Crippen molar-refractivity contribution in [3.63, 3.8) is 0 Å². The predicted molar refractivity (Wildman–Crippen MR) is 168 cm³/mol. The average molecular weight is 693 g/mol. The summed E-state index contributed by atoms with van der Waals surface area (Å²) in [5.41, 5.74) is -2.25. The molecule has 2 amide bonds. The van der Waals surface area contributed by atoms with E-state index >= 15 is 0 Å². The van der Waals surface area contributed by atoms with Gasteiger partial charge < -0.3 is 19.7 Å². The summed E-state index contributed by atoms with van der Waals surface area (Å²) in [5, 5.41) is 15.3. The number of benzene rings is 2. The van der Waals surface area contributed by atoms with E-state index in [-0.39, 0.29) is 57.3 Å². The van der Waals surface area contributed by atoms with Gasteiger partial charge in [0.1, 0.15) is 23.9 Å². The highest BCUT2D eigenvalue weighted by Crippen LogP contribution is 2.24. The maximum atomic E-state index is 14.2. The summed E-state index contributed by atoms with van der Waals surface area (Å²) in [7, 11) is -2.93. The summed E-state index contributed by atoms with van der Waals surface area (Å²) in [6.45, 7) is 1.13. The third-order valence-corrected chi connectivity index (χ3v) is 8.81. The molecule has 1 aromatic heterocycles. The Balaban J connectivity index is 1.71. The number of ether oxygens (including phenoxy) is 2. The van der Waals surface area contributed by atoms with Crippen LogP contribution in [0.4, 0.5) is 14.5 Å². The number of methoxy groups -OCH3 is 1. The summed E-state index contributed by atoms with van der Waals surface area (Å²) < 4.78 is 68.1. The molecule has 1 aliphatic heterocycles. The quantitative estimate of drug-likeness (QED) is 0.128. The monoisotopic (exact) mass is 692 g/mol. The molecule has 0 radical (unpaired) electrons. The van der Waals surface area contributed by atoms with E-state index in [1.165, 1.54) is 33.8 Å². The van der Waals surface area contributed by atoms with Gasteiger partial charge in [-0.25, -0.2) is 21.9 Å². The van der Waals surface area contributed by atoms with Crippen LogP contribution in [0.3, 0.4) is 0 Å². The molecule has 0 spiro atoms. The Kier molecular flexibility index (Phi) is 11.8. The van der Waals surface area contributed by atoms with Gasteiger partial charge in [0.2, 0.25) is 15.5 Å². The fraction of sp³-hybridized carbons (Fsp3) is 0.367.